The zero-order chi connectivity index (χ0) is 32.5. The molecular formula is C41H29FN4OS. The van der Waals surface area contributed by atoms with Crippen LogP contribution in [0.3, 0.4) is 0 Å². The van der Waals surface area contributed by atoms with E-state index in [-0.39, 0.29) is 5.82 Å². The monoisotopic (exact) mass is 644 g/mol. The Morgan fingerprint density at radius 1 is 0.646 bits per heavy atom. The molecule has 0 aliphatic heterocycles. The Kier molecular flexibility index (Phi) is 7.67. The number of halogens is 1. The first kappa shape index (κ1) is 29.6. The number of furan rings is 1. The molecule has 48 heavy (non-hydrogen) atoms. The number of rotatable bonds is 8. The van der Waals surface area contributed by atoms with Gasteiger partial charge in [-0.3, -0.25) is 4.68 Å². The van der Waals surface area contributed by atoms with Crippen LogP contribution in [0.4, 0.5) is 4.39 Å². The second-order valence-electron chi connectivity index (χ2n) is 11.4. The minimum absolute atomic E-state index is 0.303. The predicted molar refractivity (Wildman–Crippen MR) is 190 cm³/mol. The van der Waals surface area contributed by atoms with Crippen molar-refractivity contribution in [3.05, 3.63) is 181 Å². The van der Waals surface area contributed by atoms with E-state index in [9.17, 15) is 4.39 Å². The highest BCUT2D eigenvalue weighted by molar-refractivity contribution is 7.98. The van der Waals surface area contributed by atoms with Gasteiger partial charge >= 0.3 is 0 Å². The highest BCUT2D eigenvalue weighted by Gasteiger charge is 2.40. The average Bonchev–Trinajstić information content (AvgIpc) is 3.82. The molecular weight excluding hydrogens is 616 g/mol. The third-order valence-electron chi connectivity index (χ3n) is 8.71. The maximum absolute atomic E-state index is 14.2. The van der Waals surface area contributed by atoms with Gasteiger partial charge < -0.3 is 4.42 Å². The van der Waals surface area contributed by atoms with Gasteiger partial charge in [0.15, 0.2) is 10.9 Å². The summed E-state index contributed by atoms with van der Waals surface area (Å²) >= 11 is 1.54. The molecule has 0 atom stereocenters. The maximum Gasteiger partial charge on any atom is 0.160 e. The molecule has 5 aromatic carbocycles. The van der Waals surface area contributed by atoms with Gasteiger partial charge in [0, 0.05) is 22.7 Å². The second-order valence-corrected chi connectivity index (χ2v) is 12.2. The summed E-state index contributed by atoms with van der Waals surface area (Å²) in [6.07, 6.45) is 5.65. The minimum atomic E-state index is -0.829. The van der Waals surface area contributed by atoms with Gasteiger partial charge in [-0.25, -0.2) is 14.4 Å². The molecule has 0 saturated carbocycles. The summed E-state index contributed by atoms with van der Waals surface area (Å²) in [7, 11) is 0. The Hall–Kier alpha value is -5.79. The van der Waals surface area contributed by atoms with Crippen LogP contribution >= 0.6 is 11.8 Å². The normalized spacial score (nSPS) is 11.6. The summed E-state index contributed by atoms with van der Waals surface area (Å²) in [5.74, 6) is 0.372. The van der Waals surface area contributed by atoms with Crippen LogP contribution in [0.5, 0.6) is 0 Å². The van der Waals surface area contributed by atoms with Crippen molar-refractivity contribution in [3.63, 3.8) is 0 Å². The molecule has 8 aromatic rings. The van der Waals surface area contributed by atoms with Gasteiger partial charge in [-0.2, -0.15) is 5.10 Å². The fourth-order valence-corrected chi connectivity index (χ4v) is 6.87. The zero-order valence-corrected chi connectivity index (χ0v) is 26.8. The van der Waals surface area contributed by atoms with Crippen LogP contribution in [-0.2, 0) is 5.54 Å². The van der Waals surface area contributed by atoms with Crippen LogP contribution in [0.2, 0.25) is 0 Å². The molecule has 0 radical (unpaired) electrons. The van der Waals surface area contributed by atoms with Gasteiger partial charge in [-0.15, -0.1) is 0 Å². The molecule has 0 N–H and O–H groups in total. The predicted octanol–water partition coefficient (Wildman–Crippen LogP) is 10.1. The summed E-state index contributed by atoms with van der Waals surface area (Å²) in [5.41, 5.74) is 7.18. The first-order valence-electron chi connectivity index (χ1n) is 15.6. The van der Waals surface area contributed by atoms with E-state index in [4.69, 9.17) is 9.52 Å². The summed E-state index contributed by atoms with van der Waals surface area (Å²) < 4.78 is 22.4. The lowest BCUT2D eigenvalue weighted by molar-refractivity contribution is 0.461. The molecule has 0 spiro atoms. The van der Waals surface area contributed by atoms with Crippen LogP contribution in [-0.4, -0.2) is 26.0 Å². The van der Waals surface area contributed by atoms with E-state index in [1.165, 1.54) is 12.1 Å². The molecule has 0 aliphatic carbocycles. The largest absolute Gasteiger partial charge is 0.448 e. The van der Waals surface area contributed by atoms with Gasteiger partial charge in [-0.1, -0.05) is 109 Å². The van der Waals surface area contributed by atoms with E-state index in [2.05, 4.69) is 106 Å². The number of thioether (sulfide) groups is 1. The van der Waals surface area contributed by atoms with E-state index in [0.29, 0.717) is 11.5 Å². The van der Waals surface area contributed by atoms with Gasteiger partial charge in [0.1, 0.15) is 29.1 Å². The third-order valence-corrected chi connectivity index (χ3v) is 9.33. The van der Waals surface area contributed by atoms with Crippen molar-refractivity contribution in [2.75, 3.05) is 6.26 Å². The lowest BCUT2D eigenvalue weighted by Crippen LogP contribution is -2.38. The van der Waals surface area contributed by atoms with E-state index in [0.717, 1.165) is 55.1 Å². The molecule has 7 heteroatoms. The Bertz CT molecular complexity index is 2240. The van der Waals surface area contributed by atoms with Crippen molar-refractivity contribution in [2.24, 2.45) is 0 Å². The smallest absolute Gasteiger partial charge is 0.160 e. The first-order chi connectivity index (χ1) is 23.6. The number of hydrogen-bond donors (Lipinski definition) is 0. The van der Waals surface area contributed by atoms with Crippen LogP contribution in [0, 0.1) is 5.82 Å². The van der Waals surface area contributed by atoms with Crippen LogP contribution < -0.4 is 0 Å². The number of nitrogens with zero attached hydrogens (tertiary/aromatic N) is 4. The number of benzene rings is 5. The van der Waals surface area contributed by atoms with Crippen molar-refractivity contribution in [1.29, 1.82) is 0 Å². The van der Waals surface area contributed by atoms with Crippen molar-refractivity contribution < 1.29 is 8.81 Å². The molecule has 5 nitrogen and oxygen atoms in total. The second kappa shape index (κ2) is 12.4. The number of hydrogen-bond acceptors (Lipinski definition) is 5. The highest BCUT2D eigenvalue weighted by Crippen LogP contribution is 2.44. The van der Waals surface area contributed by atoms with E-state index in [1.54, 1.807) is 30.2 Å². The molecule has 0 aliphatic rings. The first-order valence-corrected chi connectivity index (χ1v) is 16.8. The summed E-state index contributed by atoms with van der Waals surface area (Å²) in [4.78, 5) is 9.20. The van der Waals surface area contributed by atoms with Crippen molar-refractivity contribution >= 4 is 22.7 Å². The topological polar surface area (TPSA) is 56.7 Å². The summed E-state index contributed by atoms with van der Waals surface area (Å²) in [5, 5.41) is 7.07. The van der Waals surface area contributed by atoms with E-state index < -0.39 is 5.54 Å². The third kappa shape index (κ3) is 5.09. The Morgan fingerprint density at radius 3 is 1.83 bits per heavy atom. The molecule has 3 aromatic heterocycles. The van der Waals surface area contributed by atoms with E-state index >= 15 is 0 Å². The van der Waals surface area contributed by atoms with Crippen LogP contribution in [0.25, 0.3) is 44.7 Å². The van der Waals surface area contributed by atoms with Crippen LogP contribution in [0.15, 0.2) is 168 Å². The molecule has 0 bridgehead atoms. The maximum atomic E-state index is 14.2. The van der Waals surface area contributed by atoms with Crippen molar-refractivity contribution in [3.8, 4) is 33.8 Å². The fourth-order valence-electron chi connectivity index (χ4n) is 6.49. The molecule has 232 valence electrons. The Balaban J connectivity index is 1.43. The molecule has 3 heterocycles. The summed E-state index contributed by atoms with van der Waals surface area (Å²) in [6, 6.07) is 47.8. The van der Waals surface area contributed by atoms with Gasteiger partial charge in [0.05, 0.1) is 5.52 Å². The van der Waals surface area contributed by atoms with E-state index in [1.807, 2.05) is 42.7 Å². The van der Waals surface area contributed by atoms with Crippen LogP contribution in [0.1, 0.15) is 16.7 Å². The standard InChI is InChI=1S/C41H29FN4OS/c1-48-38-24-23-37(47-38)40-34-25-29(19-22-36(34)43-27-44-40)35-26-46(45-39(35)28-17-20-33(42)21-18-28)41(30-11-5-2-6-12-30,31-13-7-3-8-14-31)32-15-9-4-10-16-32/h2-27H,1H3. The van der Waals surface area contributed by atoms with Gasteiger partial charge in [0.2, 0.25) is 0 Å². The number of fused-ring (bicyclic) bond motifs is 1. The fraction of sp³-hybridized carbons (Fsp3) is 0.0488. The Morgan fingerprint density at radius 2 is 1.25 bits per heavy atom. The van der Waals surface area contributed by atoms with Crippen molar-refractivity contribution in [1.82, 2.24) is 19.7 Å². The average molecular weight is 645 g/mol. The van der Waals surface area contributed by atoms with Crippen molar-refractivity contribution in [2.45, 2.75) is 10.6 Å². The number of aromatic nitrogens is 4. The lowest BCUT2D eigenvalue weighted by Gasteiger charge is -2.36. The molecule has 0 saturated heterocycles. The molecule has 0 fully saturated rings. The molecule has 8 rings (SSSR count). The van der Waals surface area contributed by atoms with Gasteiger partial charge in [0.25, 0.3) is 0 Å². The quantitative estimate of drug-likeness (QED) is 0.122. The van der Waals surface area contributed by atoms with Gasteiger partial charge in [-0.05, 0) is 77.0 Å². The lowest BCUT2D eigenvalue weighted by atomic mass is 9.77. The minimum Gasteiger partial charge on any atom is -0.448 e. The zero-order valence-electron chi connectivity index (χ0n) is 26.0. The molecule has 0 unspecified atom stereocenters. The molecule has 0 amide bonds. The summed E-state index contributed by atoms with van der Waals surface area (Å²) in [6.45, 7) is 0. The highest BCUT2D eigenvalue weighted by atomic mass is 32.2. The SMILES string of the molecule is CSc1ccc(-c2ncnc3ccc(-c4cn(C(c5ccccc5)(c5ccccc5)c5ccccc5)nc4-c4ccc(F)cc4)cc23)o1. The Labute approximate surface area is 281 Å².